The molecule has 2 nitrogen and oxygen atoms in total. The third-order valence-electron chi connectivity index (χ3n) is 4.31. The van der Waals surface area contributed by atoms with Crippen molar-refractivity contribution in [2.24, 2.45) is 5.41 Å². The summed E-state index contributed by atoms with van der Waals surface area (Å²) in [5.74, 6) is 0.504. The topological polar surface area (TPSA) is 22.1 Å². The van der Waals surface area contributed by atoms with Crippen molar-refractivity contribution >= 4 is 11.3 Å². The minimum atomic E-state index is -0.118. The molecule has 0 bridgehead atoms. The third-order valence-corrected chi connectivity index (χ3v) is 5.35. The first-order chi connectivity index (χ1) is 8.38. The predicted molar refractivity (Wildman–Crippen MR) is 77.1 cm³/mol. The second-order valence-corrected chi connectivity index (χ2v) is 7.45. The molecule has 1 aromatic rings. The Hall–Kier alpha value is -0.410. The zero-order chi connectivity index (χ0) is 13.4. The fourth-order valence-corrected chi connectivity index (χ4v) is 3.81. The fraction of sp³-hybridized carbons (Fsp3) is 0.800. The van der Waals surface area contributed by atoms with E-state index in [4.69, 9.17) is 9.72 Å². The molecule has 1 aliphatic rings. The van der Waals surface area contributed by atoms with Gasteiger partial charge in [-0.1, -0.05) is 27.7 Å². The lowest BCUT2D eigenvalue weighted by atomic mass is 9.71. The zero-order valence-electron chi connectivity index (χ0n) is 12.2. The van der Waals surface area contributed by atoms with E-state index in [1.165, 1.54) is 23.5 Å². The van der Waals surface area contributed by atoms with Crippen LogP contribution in [0.4, 0.5) is 0 Å². The molecule has 1 heterocycles. The van der Waals surface area contributed by atoms with Crippen molar-refractivity contribution in [1.82, 2.24) is 4.98 Å². The van der Waals surface area contributed by atoms with Gasteiger partial charge in [0.2, 0.25) is 0 Å². The summed E-state index contributed by atoms with van der Waals surface area (Å²) in [5, 5.41) is 3.38. The summed E-state index contributed by atoms with van der Waals surface area (Å²) in [6.07, 6.45) is 4.64. The molecule has 3 heteroatoms. The van der Waals surface area contributed by atoms with Gasteiger partial charge in [-0.2, -0.15) is 0 Å². The molecule has 0 spiro atoms. The van der Waals surface area contributed by atoms with Crippen LogP contribution in [0, 0.1) is 5.41 Å². The average molecular weight is 267 g/mol. The molecule has 2 rings (SSSR count). The van der Waals surface area contributed by atoms with Crippen molar-refractivity contribution in [3.63, 3.8) is 0 Å². The van der Waals surface area contributed by atoms with Gasteiger partial charge in [-0.05, 0) is 37.0 Å². The number of thiazole rings is 1. The van der Waals surface area contributed by atoms with Crippen molar-refractivity contribution in [2.45, 2.75) is 64.9 Å². The van der Waals surface area contributed by atoms with Gasteiger partial charge in [-0.15, -0.1) is 11.3 Å². The molecule has 0 unspecified atom stereocenters. The van der Waals surface area contributed by atoms with Gasteiger partial charge >= 0.3 is 0 Å². The minimum absolute atomic E-state index is 0.118. The highest BCUT2D eigenvalue weighted by Gasteiger charge is 2.41. The zero-order valence-corrected chi connectivity index (χ0v) is 13.1. The van der Waals surface area contributed by atoms with Crippen molar-refractivity contribution in [1.29, 1.82) is 0 Å². The van der Waals surface area contributed by atoms with Gasteiger partial charge in [0.1, 0.15) is 10.6 Å². The number of rotatable bonds is 3. The second kappa shape index (κ2) is 4.93. The van der Waals surface area contributed by atoms with Crippen LogP contribution in [0.5, 0.6) is 0 Å². The van der Waals surface area contributed by atoms with E-state index in [2.05, 4.69) is 33.1 Å². The fourth-order valence-electron chi connectivity index (χ4n) is 2.60. The number of nitrogens with zero attached hydrogens (tertiary/aromatic N) is 1. The number of hydrogen-bond acceptors (Lipinski definition) is 3. The molecule has 0 saturated heterocycles. The van der Waals surface area contributed by atoms with Crippen molar-refractivity contribution < 1.29 is 4.74 Å². The molecule has 0 atom stereocenters. The highest BCUT2D eigenvalue weighted by Crippen LogP contribution is 2.47. The van der Waals surface area contributed by atoms with Crippen LogP contribution in [0.2, 0.25) is 0 Å². The molecule has 1 saturated carbocycles. The molecule has 1 aliphatic carbocycles. The van der Waals surface area contributed by atoms with Crippen molar-refractivity contribution in [3.8, 4) is 0 Å². The molecule has 0 N–H and O–H groups in total. The first-order valence-corrected chi connectivity index (χ1v) is 7.78. The maximum absolute atomic E-state index is 5.90. The van der Waals surface area contributed by atoms with Crippen LogP contribution in [-0.2, 0) is 10.3 Å². The van der Waals surface area contributed by atoms with Crippen LogP contribution in [0.3, 0.4) is 0 Å². The Labute approximate surface area is 115 Å². The smallest absolute Gasteiger partial charge is 0.125 e. The van der Waals surface area contributed by atoms with Crippen LogP contribution in [0.25, 0.3) is 0 Å². The summed E-state index contributed by atoms with van der Waals surface area (Å²) in [4.78, 5) is 4.82. The highest BCUT2D eigenvalue weighted by molar-refractivity contribution is 7.09. The quantitative estimate of drug-likeness (QED) is 0.791. The summed E-state index contributed by atoms with van der Waals surface area (Å²) in [6, 6.07) is 0. The van der Waals surface area contributed by atoms with Crippen molar-refractivity contribution in [3.05, 3.63) is 16.1 Å². The van der Waals surface area contributed by atoms with Gasteiger partial charge < -0.3 is 4.74 Å². The number of aromatic nitrogens is 1. The van der Waals surface area contributed by atoms with E-state index in [1.807, 2.05) is 7.11 Å². The summed E-state index contributed by atoms with van der Waals surface area (Å²) < 4.78 is 5.90. The van der Waals surface area contributed by atoms with Crippen LogP contribution < -0.4 is 0 Å². The van der Waals surface area contributed by atoms with E-state index in [0.717, 1.165) is 12.8 Å². The molecule has 0 radical (unpaired) electrons. The number of hydrogen-bond donors (Lipinski definition) is 0. The second-order valence-electron chi connectivity index (χ2n) is 6.59. The lowest BCUT2D eigenvalue weighted by Gasteiger charge is -2.41. The lowest BCUT2D eigenvalue weighted by molar-refractivity contribution is -0.0668. The Morgan fingerprint density at radius 1 is 1.22 bits per heavy atom. The van der Waals surface area contributed by atoms with Crippen LogP contribution in [0.1, 0.15) is 70.0 Å². The number of ether oxygens (including phenoxy) is 1. The van der Waals surface area contributed by atoms with Crippen molar-refractivity contribution in [2.75, 3.05) is 7.11 Å². The van der Waals surface area contributed by atoms with Crippen LogP contribution in [0.15, 0.2) is 5.38 Å². The first kappa shape index (κ1) is 14.0. The molecule has 0 aromatic carbocycles. The monoisotopic (exact) mass is 267 g/mol. The van der Waals surface area contributed by atoms with E-state index in [0.29, 0.717) is 11.3 Å². The molecule has 0 amide bonds. The molecule has 0 aliphatic heterocycles. The molecular weight excluding hydrogens is 242 g/mol. The first-order valence-electron chi connectivity index (χ1n) is 6.90. The Morgan fingerprint density at radius 3 is 2.28 bits per heavy atom. The molecule has 102 valence electrons. The van der Waals surface area contributed by atoms with E-state index in [1.54, 1.807) is 11.3 Å². The van der Waals surface area contributed by atoms with Gasteiger partial charge in [0.25, 0.3) is 0 Å². The molecular formula is C15H25NOS. The maximum Gasteiger partial charge on any atom is 0.125 e. The largest absolute Gasteiger partial charge is 0.371 e. The van der Waals surface area contributed by atoms with Gasteiger partial charge in [-0.25, -0.2) is 4.98 Å². The SMILES string of the molecule is COC1(c2nc(C(C)C)cs2)CCC(C)(C)CC1. The van der Waals surface area contributed by atoms with Crippen LogP contribution in [-0.4, -0.2) is 12.1 Å². The normalized spacial score (nSPS) is 22.3. The van der Waals surface area contributed by atoms with E-state index in [9.17, 15) is 0 Å². The summed E-state index contributed by atoms with van der Waals surface area (Å²) in [6.45, 7) is 9.10. The Morgan fingerprint density at radius 2 is 1.83 bits per heavy atom. The average Bonchev–Trinajstić information content (AvgIpc) is 2.80. The van der Waals surface area contributed by atoms with Gasteiger partial charge in [0, 0.05) is 12.5 Å². The highest BCUT2D eigenvalue weighted by atomic mass is 32.1. The third kappa shape index (κ3) is 2.62. The Bertz CT molecular complexity index is 398. The molecule has 1 aromatic heterocycles. The summed E-state index contributed by atoms with van der Waals surface area (Å²) in [5.41, 5.74) is 1.55. The lowest BCUT2D eigenvalue weighted by Crippen LogP contribution is -2.36. The maximum atomic E-state index is 5.90. The predicted octanol–water partition coefficient (Wildman–Crippen LogP) is 4.71. The van der Waals surface area contributed by atoms with Gasteiger partial charge in [0.15, 0.2) is 0 Å². The van der Waals surface area contributed by atoms with E-state index >= 15 is 0 Å². The Balaban J connectivity index is 2.22. The standard InChI is InChI=1S/C15H25NOS/c1-11(2)12-10-18-13(16-12)15(17-5)8-6-14(3,4)7-9-15/h10-11H,6-9H2,1-5H3. The molecule has 1 fully saturated rings. The van der Waals surface area contributed by atoms with Gasteiger partial charge in [0.05, 0.1) is 5.69 Å². The Kier molecular flexibility index (Phi) is 3.84. The molecule has 18 heavy (non-hydrogen) atoms. The van der Waals surface area contributed by atoms with E-state index in [-0.39, 0.29) is 5.60 Å². The summed E-state index contributed by atoms with van der Waals surface area (Å²) in [7, 11) is 1.84. The number of methoxy groups -OCH3 is 1. The minimum Gasteiger partial charge on any atom is -0.371 e. The van der Waals surface area contributed by atoms with Gasteiger partial charge in [-0.3, -0.25) is 0 Å². The summed E-state index contributed by atoms with van der Waals surface area (Å²) >= 11 is 1.77. The van der Waals surface area contributed by atoms with E-state index < -0.39 is 0 Å². The van der Waals surface area contributed by atoms with Crippen LogP contribution >= 0.6 is 11.3 Å².